The molecule has 3 aromatic rings. The Bertz CT molecular complexity index is 1380. The summed E-state index contributed by atoms with van der Waals surface area (Å²) < 4.78 is 62.6. The highest BCUT2D eigenvalue weighted by molar-refractivity contribution is 5.97. The summed E-state index contributed by atoms with van der Waals surface area (Å²) in [5.41, 5.74) is 0.137. The number of nitrogens with one attached hydrogen (secondary N) is 1. The predicted molar refractivity (Wildman–Crippen MR) is 148 cm³/mol. The topological polar surface area (TPSA) is 110 Å². The van der Waals surface area contributed by atoms with Crippen molar-refractivity contribution in [2.75, 3.05) is 39.6 Å². The van der Waals surface area contributed by atoms with Gasteiger partial charge in [-0.05, 0) is 43.3 Å². The highest BCUT2D eigenvalue weighted by atomic mass is 19.1. The zero-order valence-electron chi connectivity index (χ0n) is 23.6. The number of aliphatic hydroxyl groups excluding tert-OH is 1. The molecular weight excluding hydrogens is 562 g/mol. The number of anilines is 1. The number of hydrogen-bond donors (Lipinski definition) is 2. The van der Waals surface area contributed by atoms with Gasteiger partial charge < -0.3 is 29.4 Å². The average Bonchev–Trinajstić information content (AvgIpc) is 3.25. The van der Waals surface area contributed by atoms with Crippen LogP contribution in [0, 0.1) is 17.5 Å². The number of ether oxygens (including phenoxy) is 2. The minimum atomic E-state index is -1.25. The molecule has 13 heteroatoms. The quantitative estimate of drug-likeness (QED) is 0.403. The summed E-state index contributed by atoms with van der Waals surface area (Å²) in [5, 5.41) is 9.34. The Balaban J connectivity index is 0.000000365. The van der Waals surface area contributed by atoms with Crippen molar-refractivity contribution in [3.63, 3.8) is 0 Å². The van der Waals surface area contributed by atoms with E-state index < -0.39 is 30.5 Å². The van der Waals surface area contributed by atoms with Gasteiger partial charge in [-0.3, -0.25) is 14.4 Å². The number of rotatable bonds is 7. The number of hydrogen-bond acceptors (Lipinski definition) is 6. The third-order valence-electron chi connectivity index (χ3n) is 6.44. The number of nitrogens with zero attached hydrogens (tertiary/aromatic N) is 2. The van der Waals surface area contributed by atoms with Crippen LogP contribution in [0.25, 0.3) is 0 Å². The van der Waals surface area contributed by atoms with Crippen LogP contribution < -0.4 is 20.5 Å². The second kappa shape index (κ2) is 16.3. The molecule has 1 saturated heterocycles. The highest BCUT2D eigenvalue weighted by Crippen LogP contribution is 2.39. The molecule has 2 heterocycles. The first kappa shape index (κ1) is 34.0. The molecule has 9 nitrogen and oxygen atoms in total. The SMILES string of the molecule is CNC(=O)c1ccc(F)cc1.COCCn1cccc(N2C(=O)CC(c3c(F)cc(OC)cc3F)C2C)c1=O.OCF. The first-order valence-corrected chi connectivity index (χ1v) is 12.7. The Hall–Kier alpha value is -4.23. The Labute approximate surface area is 240 Å². The Morgan fingerprint density at radius 3 is 2.19 bits per heavy atom. The van der Waals surface area contributed by atoms with Crippen LogP contribution in [-0.4, -0.2) is 62.3 Å². The van der Waals surface area contributed by atoms with Gasteiger partial charge in [0.15, 0.2) is 6.86 Å². The molecule has 2 amide bonds. The number of alkyl halides is 1. The highest BCUT2D eigenvalue weighted by Gasteiger charge is 2.42. The van der Waals surface area contributed by atoms with Crippen molar-refractivity contribution < 1.29 is 41.7 Å². The van der Waals surface area contributed by atoms with Gasteiger partial charge in [-0.15, -0.1) is 0 Å². The molecule has 0 aliphatic carbocycles. The maximum atomic E-state index is 14.5. The molecule has 0 spiro atoms. The van der Waals surface area contributed by atoms with Crippen LogP contribution >= 0.6 is 0 Å². The Morgan fingerprint density at radius 1 is 1.07 bits per heavy atom. The summed E-state index contributed by atoms with van der Waals surface area (Å²) in [6, 6.07) is 10.2. The predicted octanol–water partition coefficient (Wildman–Crippen LogP) is 3.78. The second-order valence-electron chi connectivity index (χ2n) is 8.91. The monoisotopic (exact) mass is 595 g/mol. The second-order valence-corrected chi connectivity index (χ2v) is 8.91. The maximum absolute atomic E-state index is 14.5. The molecule has 0 bridgehead atoms. The van der Waals surface area contributed by atoms with Crippen LogP contribution in [0.3, 0.4) is 0 Å². The van der Waals surface area contributed by atoms with Gasteiger partial charge in [0, 0.05) is 68.5 Å². The number of carbonyl (C=O) groups is 2. The standard InChI is InChI=1S/C20H22F2N2O4.C8H8FNO.CH3FO/c1-12-14(19-15(21)9-13(28-3)10-16(19)22)11-18(25)24(12)17-5-4-6-23(20(17)26)7-8-27-2;1-10-8(11)6-2-4-7(9)5-3-6;2-1-3/h4-6,9-10,12,14H,7-8,11H2,1-3H3;2-5H,1H3,(H,10,11);3H,1H2. The van der Waals surface area contributed by atoms with E-state index in [1.165, 1.54) is 55.0 Å². The Kier molecular flexibility index (Phi) is 13.2. The largest absolute Gasteiger partial charge is 0.497 e. The fourth-order valence-corrected chi connectivity index (χ4v) is 4.41. The molecule has 2 N–H and O–H groups in total. The summed E-state index contributed by atoms with van der Waals surface area (Å²) in [4.78, 5) is 37.7. The van der Waals surface area contributed by atoms with Crippen molar-refractivity contribution in [1.82, 2.24) is 9.88 Å². The fourth-order valence-electron chi connectivity index (χ4n) is 4.41. The Morgan fingerprint density at radius 2 is 1.67 bits per heavy atom. The third kappa shape index (κ3) is 8.40. The first-order valence-electron chi connectivity index (χ1n) is 12.7. The van der Waals surface area contributed by atoms with Gasteiger partial charge in [0.2, 0.25) is 5.91 Å². The summed E-state index contributed by atoms with van der Waals surface area (Å²) in [5.74, 6) is -3.08. The lowest BCUT2D eigenvalue weighted by Crippen LogP contribution is -2.38. The zero-order chi connectivity index (χ0) is 31.4. The molecule has 4 rings (SSSR count). The molecular formula is C29H33F4N3O6. The van der Waals surface area contributed by atoms with Crippen LogP contribution in [0.15, 0.2) is 59.5 Å². The number of pyridine rings is 1. The molecule has 1 fully saturated rings. The van der Waals surface area contributed by atoms with Crippen LogP contribution in [0.1, 0.15) is 35.2 Å². The van der Waals surface area contributed by atoms with E-state index in [1.807, 2.05) is 0 Å². The summed E-state index contributed by atoms with van der Waals surface area (Å²) in [6.45, 7) is 1.12. The lowest BCUT2D eigenvalue weighted by molar-refractivity contribution is -0.117. The smallest absolute Gasteiger partial charge is 0.274 e. The van der Waals surface area contributed by atoms with E-state index in [9.17, 15) is 31.9 Å². The van der Waals surface area contributed by atoms with E-state index in [4.69, 9.17) is 14.6 Å². The molecule has 1 aliphatic heterocycles. The van der Waals surface area contributed by atoms with Gasteiger partial charge in [-0.25, -0.2) is 17.6 Å². The number of aromatic nitrogens is 1. The van der Waals surface area contributed by atoms with E-state index in [-0.39, 0.29) is 46.6 Å². The third-order valence-corrected chi connectivity index (χ3v) is 6.44. The fraction of sp³-hybridized carbons (Fsp3) is 0.345. The van der Waals surface area contributed by atoms with Crippen LogP contribution in [0.4, 0.5) is 23.2 Å². The van der Waals surface area contributed by atoms with E-state index in [0.717, 1.165) is 12.1 Å². The van der Waals surface area contributed by atoms with Crippen LogP contribution in [0.2, 0.25) is 0 Å². The van der Waals surface area contributed by atoms with Crippen molar-refractivity contribution in [3.8, 4) is 5.75 Å². The molecule has 2 aromatic carbocycles. The van der Waals surface area contributed by atoms with Crippen molar-refractivity contribution in [2.24, 2.45) is 0 Å². The van der Waals surface area contributed by atoms with Gasteiger partial charge in [-0.1, -0.05) is 0 Å². The minimum Gasteiger partial charge on any atom is -0.497 e. The lowest BCUT2D eigenvalue weighted by Gasteiger charge is -2.25. The van der Waals surface area contributed by atoms with Gasteiger partial charge in [-0.2, -0.15) is 0 Å². The molecule has 0 saturated carbocycles. The van der Waals surface area contributed by atoms with Crippen molar-refractivity contribution in [3.05, 3.63) is 93.7 Å². The summed E-state index contributed by atoms with van der Waals surface area (Å²) >= 11 is 0. The molecule has 0 radical (unpaired) electrons. The number of amides is 2. The summed E-state index contributed by atoms with van der Waals surface area (Å²) in [7, 11) is 4.39. The van der Waals surface area contributed by atoms with Crippen LogP contribution in [-0.2, 0) is 16.1 Å². The number of carbonyl (C=O) groups excluding carboxylic acids is 2. The first-order chi connectivity index (χ1) is 20.0. The van der Waals surface area contributed by atoms with Gasteiger partial charge >= 0.3 is 0 Å². The molecule has 228 valence electrons. The van der Waals surface area contributed by atoms with Crippen molar-refractivity contribution in [1.29, 1.82) is 0 Å². The van der Waals surface area contributed by atoms with E-state index in [2.05, 4.69) is 5.32 Å². The maximum Gasteiger partial charge on any atom is 0.274 e. The van der Waals surface area contributed by atoms with E-state index >= 15 is 0 Å². The van der Waals surface area contributed by atoms with Crippen molar-refractivity contribution >= 4 is 17.5 Å². The average molecular weight is 596 g/mol. The lowest BCUT2D eigenvalue weighted by atomic mass is 9.91. The van der Waals surface area contributed by atoms with Gasteiger partial charge in [0.25, 0.3) is 11.5 Å². The molecule has 1 aromatic heterocycles. The van der Waals surface area contributed by atoms with E-state index in [0.29, 0.717) is 18.7 Å². The van der Waals surface area contributed by atoms with Crippen molar-refractivity contribution in [2.45, 2.75) is 31.8 Å². The molecule has 42 heavy (non-hydrogen) atoms. The van der Waals surface area contributed by atoms with Gasteiger partial charge in [0.05, 0.1) is 13.7 Å². The van der Waals surface area contributed by atoms with Crippen LogP contribution in [0.5, 0.6) is 5.75 Å². The summed E-state index contributed by atoms with van der Waals surface area (Å²) in [6.07, 6.45) is 1.52. The van der Waals surface area contributed by atoms with Gasteiger partial charge in [0.1, 0.15) is 28.9 Å². The zero-order valence-corrected chi connectivity index (χ0v) is 23.6. The molecule has 2 unspecified atom stereocenters. The number of halogens is 4. The molecule has 1 aliphatic rings. The normalized spacial score (nSPS) is 15.7. The molecule has 2 atom stereocenters. The number of aliphatic hydroxyl groups is 1. The number of benzene rings is 2. The van der Waals surface area contributed by atoms with E-state index in [1.54, 1.807) is 25.3 Å². The number of methoxy groups -OCH3 is 2. The minimum absolute atomic E-state index is 0.0664.